The lowest BCUT2D eigenvalue weighted by atomic mass is 9.90. The summed E-state index contributed by atoms with van der Waals surface area (Å²) in [5, 5.41) is 8.78. The summed E-state index contributed by atoms with van der Waals surface area (Å²) in [5.74, 6) is 0. The van der Waals surface area contributed by atoms with Gasteiger partial charge in [-0.15, -0.1) is 0 Å². The van der Waals surface area contributed by atoms with E-state index in [9.17, 15) is 0 Å². The predicted octanol–water partition coefficient (Wildman–Crippen LogP) is 5.19. The van der Waals surface area contributed by atoms with Crippen molar-refractivity contribution >= 4 is 32.6 Å². The van der Waals surface area contributed by atoms with Crippen molar-refractivity contribution < 1.29 is 0 Å². The van der Waals surface area contributed by atoms with E-state index in [0.717, 1.165) is 30.7 Å². The summed E-state index contributed by atoms with van der Waals surface area (Å²) in [6.07, 6.45) is 3.27. The summed E-state index contributed by atoms with van der Waals surface area (Å²) < 4.78 is 2.21. The van der Waals surface area contributed by atoms with E-state index in [1.54, 1.807) is 0 Å². The van der Waals surface area contributed by atoms with Crippen LogP contribution in [0.2, 0.25) is 0 Å². The molecule has 3 heteroatoms. The molecule has 3 aromatic carbocycles. The first kappa shape index (κ1) is 15.8. The number of nitrogens with zero attached hydrogens (tertiary/aromatic N) is 2. The van der Waals surface area contributed by atoms with Crippen LogP contribution in [0.3, 0.4) is 0 Å². The second-order valence-corrected chi connectivity index (χ2v) is 7.70. The zero-order valence-electron chi connectivity index (χ0n) is 15.9. The minimum absolute atomic E-state index is 0.875. The lowest BCUT2D eigenvalue weighted by Gasteiger charge is -2.23. The Balaban J connectivity index is 1.76. The zero-order valence-corrected chi connectivity index (χ0v) is 15.9. The molecule has 28 heavy (non-hydrogen) atoms. The SMILES string of the molecule is Cn1cc(-c2nc3ccc4ccccc4c3c3c2CNCC3)c2ccccc21. The third kappa shape index (κ3) is 2.17. The van der Waals surface area contributed by atoms with Crippen LogP contribution >= 0.6 is 0 Å². The van der Waals surface area contributed by atoms with Crippen LogP contribution in [0.4, 0.5) is 0 Å². The number of aryl methyl sites for hydroxylation is 1. The molecule has 136 valence electrons. The number of benzene rings is 3. The van der Waals surface area contributed by atoms with Crippen LogP contribution in [0.15, 0.2) is 66.9 Å². The molecular weight excluding hydrogens is 342 g/mol. The molecule has 0 fully saturated rings. The number of aromatic nitrogens is 2. The van der Waals surface area contributed by atoms with Crippen molar-refractivity contribution in [3.63, 3.8) is 0 Å². The molecule has 3 nitrogen and oxygen atoms in total. The van der Waals surface area contributed by atoms with E-state index in [1.807, 2.05) is 0 Å². The molecule has 3 heterocycles. The standard InChI is InChI=1S/C25H21N3/c1-28-15-21(18-8-4-5-9-23(18)28)25-20-14-26-13-12-19(20)24-17-7-3-2-6-16(17)10-11-22(24)27-25/h2-11,15,26H,12-14H2,1H3. The number of fused-ring (bicyclic) bond motifs is 6. The Labute approximate surface area is 163 Å². The highest BCUT2D eigenvalue weighted by Gasteiger charge is 2.22. The quantitative estimate of drug-likeness (QED) is 0.415. The maximum absolute atomic E-state index is 5.22. The van der Waals surface area contributed by atoms with Crippen LogP contribution in [0.1, 0.15) is 11.1 Å². The molecule has 1 aliphatic heterocycles. The molecule has 5 aromatic rings. The highest BCUT2D eigenvalue weighted by Crippen LogP contribution is 2.38. The first-order valence-corrected chi connectivity index (χ1v) is 9.89. The zero-order chi connectivity index (χ0) is 18.7. The molecule has 6 rings (SSSR count). The number of hydrogen-bond donors (Lipinski definition) is 1. The fourth-order valence-corrected chi connectivity index (χ4v) is 4.80. The fraction of sp³-hybridized carbons (Fsp3) is 0.160. The van der Waals surface area contributed by atoms with Crippen LogP contribution in [-0.2, 0) is 20.0 Å². The van der Waals surface area contributed by atoms with Crippen molar-refractivity contribution in [3.05, 3.63) is 78.0 Å². The summed E-state index contributed by atoms with van der Waals surface area (Å²) in [4.78, 5) is 5.22. The average Bonchev–Trinajstić information content (AvgIpc) is 3.09. The molecule has 0 bridgehead atoms. The van der Waals surface area contributed by atoms with Gasteiger partial charge in [-0.3, -0.25) is 0 Å². The van der Waals surface area contributed by atoms with E-state index in [4.69, 9.17) is 4.98 Å². The summed E-state index contributed by atoms with van der Waals surface area (Å²) in [6, 6.07) is 21.7. The van der Waals surface area contributed by atoms with Crippen molar-refractivity contribution in [2.75, 3.05) is 6.54 Å². The van der Waals surface area contributed by atoms with Gasteiger partial charge in [-0.05, 0) is 47.0 Å². The van der Waals surface area contributed by atoms with Gasteiger partial charge in [-0.25, -0.2) is 4.98 Å². The van der Waals surface area contributed by atoms with Gasteiger partial charge in [0.1, 0.15) is 0 Å². The number of pyridine rings is 1. The Kier molecular flexibility index (Phi) is 3.35. The number of rotatable bonds is 1. The largest absolute Gasteiger partial charge is 0.350 e. The Bertz CT molecular complexity index is 1380. The van der Waals surface area contributed by atoms with Crippen molar-refractivity contribution in [2.45, 2.75) is 13.0 Å². The second-order valence-electron chi connectivity index (χ2n) is 7.70. The lowest BCUT2D eigenvalue weighted by molar-refractivity contribution is 0.647. The van der Waals surface area contributed by atoms with Crippen molar-refractivity contribution in [1.29, 1.82) is 0 Å². The Hall–Kier alpha value is -3.17. The topological polar surface area (TPSA) is 29.9 Å². The molecular formula is C25H21N3. The van der Waals surface area contributed by atoms with Crippen LogP contribution in [0.25, 0.3) is 43.8 Å². The van der Waals surface area contributed by atoms with Crippen molar-refractivity contribution in [2.24, 2.45) is 7.05 Å². The van der Waals surface area contributed by atoms with Gasteiger partial charge < -0.3 is 9.88 Å². The van der Waals surface area contributed by atoms with E-state index < -0.39 is 0 Å². The van der Waals surface area contributed by atoms with Gasteiger partial charge in [0.15, 0.2) is 0 Å². The molecule has 0 amide bonds. The first-order chi connectivity index (χ1) is 13.8. The van der Waals surface area contributed by atoms with E-state index in [-0.39, 0.29) is 0 Å². The van der Waals surface area contributed by atoms with Crippen molar-refractivity contribution in [3.8, 4) is 11.3 Å². The predicted molar refractivity (Wildman–Crippen MR) is 117 cm³/mol. The van der Waals surface area contributed by atoms with Gasteiger partial charge in [0.05, 0.1) is 11.2 Å². The third-order valence-electron chi connectivity index (χ3n) is 6.10. The van der Waals surface area contributed by atoms with Crippen LogP contribution in [0, 0.1) is 0 Å². The number of para-hydroxylation sites is 1. The van der Waals surface area contributed by atoms with Crippen LogP contribution in [0.5, 0.6) is 0 Å². The molecule has 0 radical (unpaired) electrons. The highest BCUT2D eigenvalue weighted by atomic mass is 14.9. The first-order valence-electron chi connectivity index (χ1n) is 9.89. The molecule has 0 saturated carbocycles. The maximum atomic E-state index is 5.22. The van der Waals surface area contributed by atoms with Gasteiger partial charge in [-0.2, -0.15) is 0 Å². The summed E-state index contributed by atoms with van der Waals surface area (Å²) in [5.41, 5.74) is 7.52. The highest BCUT2D eigenvalue weighted by molar-refractivity contribution is 6.09. The molecule has 0 saturated heterocycles. The molecule has 0 atom stereocenters. The summed E-state index contributed by atoms with van der Waals surface area (Å²) >= 11 is 0. The van der Waals surface area contributed by atoms with Gasteiger partial charge >= 0.3 is 0 Å². The molecule has 0 unspecified atom stereocenters. The van der Waals surface area contributed by atoms with Gasteiger partial charge in [0, 0.05) is 41.6 Å². The Morgan fingerprint density at radius 1 is 0.893 bits per heavy atom. The van der Waals surface area contributed by atoms with E-state index in [0.29, 0.717) is 0 Å². The smallest absolute Gasteiger partial charge is 0.0778 e. The third-order valence-corrected chi connectivity index (χ3v) is 6.10. The Morgan fingerprint density at radius 2 is 1.71 bits per heavy atom. The van der Waals surface area contributed by atoms with Gasteiger partial charge in [-0.1, -0.05) is 48.5 Å². The maximum Gasteiger partial charge on any atom is 0.0778 e. The minimum atomic E-state index is 0.875. The van der Waals surface area contributed by atoms with Crippen molar-refractivity contribution in [1.82, 2.24) is 14.9 Å². The lowest BCUT2D eigenvalue weighted by Crippen LogP contribution is -2.25. The molecule has 1 N–H and O–H groups in total. The van der Waals surface area contributed by atoms with Gasteiger partial charge in [0.25, 0.3) is 0 Å². The summed E-state index contributed by atoms with van der Waals surface area (Å²) in [7, 11) is 2.12. The average molecular weight is 363 g/mol. The van der Waals surface area contributed by atoms with Gasteiger partial charge in [0.2, 0.25) is 0 Å². The Morgan fingerprint density at radius 3 is 2.64 bits per heavy atom. The molecule has 0 aliphatic carbocycles. The number of nitrogens with one attached hydrogen (secondary N) is 1. The monoisotopic (exact) mass is 363 g/mol. The molecule has 0 spiro atoms. The van der Waals surface area contributed by atoms with E-state index >= 15 is 0 Å². The number of hydrogen-bond acceptors (Lipinski definition) is 2. The fourth-order valence-electron chi connectivity index (χ4n) is 4.80. The summed E-state index contributed by atoms with van der Waals surface area (Å²) in [6.45, 7) is 1.89. The molecule has 1 aliphatic rings. The molecule has 2 aromatic heterocycles. The van der Waals surface area contributed by atoms with Crippen LogP contribution in [-0.4, -0.2) is 16.1 Å². The normalized spacial score (nSPS) is 14.0. The van der Waals surface area contributed by atoms with Crippen LogP contribution < -0.4 is 5.32 Å². The van der Waals surface area contributed by atoms with E-state index in [1.165, 1.54) is 43.8 Å². The second kappa shape index (κ2) is 5.91. The van der Waals surface area contributed by atoms with E-state index in [2.05, 4.69) is 83.8 Å². The minimum Gasteiger partial charge on any atom is -0.350 e.